The van der Waals surface area contributed by atoms with Gasteiger partial charge in [0.25, 0.3) is 11.8 Å². The Morgan fingerprint density at radius 3 is 1.85 bits per heavy atom. The summed E-state index contributed by atoms with van der Waals surface area (Å²) in [6.45, 7) is 5.53. The summed E-state index contributed by atoms with van der Waals surface area (Å²) >= 11 is 0. The number of methoxy groups -OCH3 is 2. The molecule has 0 N–H and O–H groups in total. The lowest BCUT2D eigenvalue weighted by Crippen LogP contribution is -2.50. The van der Waals surface area contributed by atoms with Crippen molar-refractivity contribution in [1.82, 2.24) is 14.7 Å². The first-order valence-corrected chi connectivity index (χ1v) is 11.6. The second kappa shape index (κ2) is 9.44. The van der Waals surface area contributed by atoms with E-state index < -0.39 is 0 Å². The molecule has 0 saturated carbocycles. The summed E-state index contributed by atoms with van der Waals surface area (Å²) in [6, 6.07) is 17.2. The van der Waals surface area contributed by atoms with Crippen molar-refractivity contribution in [2.75, 3.05) is 53.5 Å². The highest BCUT2D eigenvalue weighted by Crippen LogP contribution is 2.30. The summed E-state index contributed by atoms with van der Waals surface area (Å²) in [5, 5.41) is 1.71. The first-order valence-electron chi connectivity index (χ1n) is 11.6. The summed E-state index contributed by atoms with van der Waals surface area (Å²) in [4.78, 5) is 32.3. The fourth-order valence-electron chi connectivity index (χ4n) is 4.91. The highest BCUT2D eigenvalue weighted by molar-refractivity contribution is 6.25. The van der Waals surface area contributed by atoms with E-state index in [1.165, 1.54) is 4.90 Å². The predicted octanol–water partition coefficient (Wildman–Crippen LogP) is 3.27. The van der Waals surface area contributed by atoms with Gasteiger partial charge in [-0.15, -0.1) is 0 Å². The van der Waals surface area contributed by atoms with Crippen LogP contribution in [0.2, 0.25) is 0 Å². The van der Waals surface area contributed by atoms with Crippen molar-refractivity contribution in [3.05, 3.63) is 71.3 Å². The van der Waals surface area contributed by atoms with E-state index in [1.54, 1.807) is 14.2 Å². The second-order valence-electron chi connectivity index (χ2n) is 8.81. The van der Waals surface area contributed by atoms with E-state index >= 15 is 0 Å². The van der Waals surface area contributed by atoms with Crippen LogP contribution in [-0.2, 0) is 6.54 Å². The van der Waals surface area contributed by atoms with E-state index in [9.17, 15) is 9.59 Å². The highest BCUT2D eigenvalue weighted by atomic mass is 16.5. The molecule has 1 fully saturated rings. The molecule has 0 radical (unpaired) electrons. The fourth-order valence-corrected chi connectivity index (χ4v) is 4.91. The Balaban J connectivity index is 1.19. The average Bonchev–Trinajstić information content (AvgIpc) is 2.87. The second-order valence-corrected chi connectivity index (χ2v) is 8.81. The number of carbonyl (C=O) groups excluding carboxylic acids is 2. The summed E-state index contributed by atoms with van der Waals surface area (Å²) in [6.07, 6.45) is 0. The summed E-state index contributed by atoms with van der Waals surface area (Å²) < 4.78 is 10.8. The van der Waals surface area contributed by atoms with E-state index in [2.05, 4.69) is 9.80 Å². The van der Waals surface area contributed by atoms with E-state index in [0.717, 1.165) is 60.6 Å². The molecule has 0 spiro atoms. The van der Waals surface area contributed by atoms with Crippen LogP contribution >= 0.6 is 0 Å². The number of amides is 2. The maximum atomic E-state index is 13.1. The van der Waals surface area contributed by atoms with Gasteiger partial charge in [-0.25, -0.2) is 0 Å². The van der Waals surface area contributed by atoms with E-state index in [4.69, 9.17) is 9.47 Å². The Morgan fingerprint density at radius 2 is 1.29 bits per heavy atom. The van der Waals surface area contributed by atoms with Gasteiger partial charge in [0.15, 0.2) is 0 Å². The topological polar surface area (TPSA) is 62.3 Å². The minimum atomic E-state index is -0.195. The van der Waals surface area contributed by atoms with Gasteiger partial charge in [-0.1, -0.05) is 24.3 Å². The molecule has 2 amide bonds. The monoisotopic (exact) mass is 459 g/mol. The van der Waals surface area contributed by atoms with Crippen molar-refractivity contribution in [2.24, 2.45) is 0 Å². The predicted molar refractivity (Wildman–Crippen MR) is 131 cm³/mol. The Morgan fingerprint density at radius 1 is 0.735 bits per heavy atom. The molecule has 176 valence electrons. The molecule has 0 unspecified atom stereocenters. The van der Waals surface area contributed by atoms with Crippen LogP contribution in [0.4, 0.5) is 0 Å². The van der Waals surface area contributed by atoms with Crippen LogP contribution in [0.15, 0.2) is 54.6 Å². The van der Waals surface area contributed by atoms with Crippen molar-refractivity contribution in [1.29, 1.82) is 0 Å². The number of hydrogen-bond acceptors (Lipinski definition) is 6. The molecule has 2 aliphatic rings. The number of hydrogen-bond donors (Lipinski definition) is 0. The number of carbonyl (C=O) groups is 2. The van der Waals surface area contributed by atoms with Crippen molar-refractivity contribution in [3.8, 4) is 11.5 Å². The molecule has 0 aromatic heterocycles. The molecule has 3 aromatic carbocycles. The molecule has 0 atom stereocenters. The summed E-state index contributed by atoms with van der Waals surface area (Å²) in [5.74, 6) is 1.20. The van der Waals surface area contributed by atoms with Gasteiger partial charge >= 0.3 is 0 Å². The van der Waals surface area contributed by atoms with Crippen LogP contribution in [0.5, 0.6) is 11.5 Å². The Hall–Kier alpha value is -3.42. The highest BCUT2D eigenvalue weighted by Gasteiger charge is 2.32. The molecule has 2 aliphatic heterocycles. The summed E-state index contributed by atoms with van der Waals surface area (Å²) in [7, 11) is 3.32. The normalized spacial score (nSPS) is 16.8. The molecule has 0 bridgehead atoms. The van der Waals surface area contributed by atoms with E-state index in [1.807, 2.05) is 54.6 Å². The van der Waals surface area contributed by atoms with Gasteiger partial charge in [0, 0.05) is 68.4 Å². The van der Waals surface area contributed by atoms with Crippen LogP contribution in [0.25, 0.3) is 10.8 Å². The van der Waals surface area contributed by atoms with Crippen molar-refractivity contribution in [3.63, 3.8) is 0 Å². The van der Waals surface area contributed by atoms with Crippen LogP contribution in [0.3, 0.4) is 0 Å². The van der Waals surface area contributed by atoms with Crippen LogP contribution in [0, 0.1) is 0 Å². The maximum absolute atomic E-state index is 13.1. The Labute approximate surface area is 199 Å². The first kappa shape index (κ1) is 22.4. The van der Waals surface area contributed by atoms with Crippen LogP contribution < -0.4 is 9.47 Å². The number of rotatable bonds is 7. The first-order chi connectivity index (χ1) is 16.6. The maximum Gasteiger partial charge on any atom is 0.261 e. The Kier molecular flexibility index (Phi) is 6.22. The van der Waals surface area contributed by atoms with Crippen molar-refractivity contribution in [2.45, 2.75) is 6.54 Å². The zero-order chi connectivity index (χ0) is 23.7. The van der Waals surface area contributed by atoms with Crippen LogP contribution in [0.1, 0.15) is 26.3 Å². The zero-order valence-corrected chi connectivity index (χ0v) is 19.6. The number of piperazine rings is 1. The zero-order valence-electron chi connectivity index (χ0n) is 19.6. The van der Waals surface area contributed by atoms with Gasteiger partial charge in [0.1, 0.15) is 11.5 Å². The lowest BCUT2D eigenvalue weighted by atomic mass is 9.94. The third-order valence-corrected chi connectivity index (χ3v) is 6.78. The molecule has 1 saturated heterocycles. The van der Waals surface area contributed by atoms with Gasteiger partial charge in [-0.2, -0.15) is 0 Å². The molecular formula is C27H29N3O4. The van der Waals surface area contributed by atoms with Gasteiger partial charge in [0.2, 0.25) is 0 Å². The minimum absolute atomic E-state index is 0.195. The molecule has 3 aromatic rings. The van der Waals surface area contributed by atoms with Gasteiger partial charge in [0.05, 0.1) is 14.2 Å². The minimum Gasteiger partial charge on any atom is -0.497 e. The van der Waals surface area contributed by atoms with Crippen LogP contribution in [-0.4, -0.2) is 80.0 Å². The lowest BCUT2D eigenvalue weighted by molar-refractivity contribution is 0.0570. The number of benzene rings is 3. The molecule has 5 rings (SSSR count). The third kappa shape index (κ3) is 4.24. The van der Waals surface area contributed by atoms with Gasteiger partial charge in [-0.05, 0) is 35.2 Å². The number of imide groups is 1. The smallest absolute Gasteiger partial charge is 0.261 e. The molecule has 7 heteroatoms. The summed E-state index contributed by atoms with van der Waals surface area (Å²) in [5.41, 5.74) is 2.39. The average molecular weight is 460 g/mol. The van der Waals surface area contributed by atoms with E-state index in [0.29, 0.717) is 24.2 Å². The standard InChI is InChI=1S/C27H29N3O4/c1-33-21-15-19(16-22(17-21)34-2)18-29-11-9-28(10-12-29)13-14-30-26(31)23-7-3-5-20-6-4-8-24(25(20)23)27(30)32/h3-8,15-17H,9-14,18H2,1-2H3. The fraction of sp³-hybridized carbons (Fsp3) is 0.333. The SMILES string of the molecule is COc1cc(CN2CCN(CCN3C(=O)c4cccc5cccc(c45)C3=O)CC2)cc(OC)c1. The number of nitrogens with zero attached hydrogens (tertiary/aromatic N) is 3. The quantitative estimate of drug-likeness (QED) is 0.506. The molecule has 2 heterocycles. The van der Waals surface area contributed by atoms with Gasteiger partial charge < -0.3 is 9.47 Å². The molecule has 0 aliphatic carbocycles. The molecular weight excluding hydrogens is 430 g/mol. The molecule has 7 nitrogen and oxygen atoms in total. The lowest BCUT2D eigenvalue weighted by Gasteiger charge is -2.36. The Bertz CT molecular complexity index is 1160. The van der Waals surface area contributed by atoms with Crippen molar-refractivity contribution >= 4 is 22.6 Å². The van der Waals surface area contributed by atoms with Gasteiger partial charge in [-0.3, -0.25) is 24.3 Å². The largest absolute Gasteiger partial charge is 0.497 e. The van der Waals surface area contributed by atoms with E-state index in [-0.39, 0.29) is 11.8 Å². The third-order valence-electron chi connectivity index (χ3n) is 6.78. The molecule has 34 heavy (non-hydrogen) atoms. The number of ether oxygens (including phenoxy) is 2. The van der Waals surface area contributed by atoms with Crippen molar-refractivity contribution < 1.29 is 19.1 Å².